The zero-order chi connectivity index (χ0) is 12.5. The Hall–Kier alpha value is -1.03. The molecule has 1 atom stereocenters. The molecular formula is C13H22N2O2. The minimum atomic E-state index is -0.850. The van der Waals surface area contributed by atoms with Crippen LogP contribution in [0.3, 0.4) is 0 Å². The second-order valence-corrected chi connectivity index (χ2v) is 5.17. The van der Waals surface area contributed by atoms with E-state index in [9.17, 15) is 5.11 Å². The first-order valence-corrected chi connectivity index (χ1v) is 6.36. The molecular weight excluding hydrogens is 216 g/mol. The molecule has 2 rings (SSSR count). The van der Waals surface area contributed by atoms with Crippen molar-refractivity contribution < 1.29 is 9.84 Å². The first-order valence-electron chi connectivity index (χ1n) is 6.36. The molecule has 0 amide bonds. The van der Waals surface area contributed by atoms with Crippen LogP contribution >= 0.6 is 0 Å². The van der Waals surface area contributed by atoms with Gasteiger partial charge in [0.15, 0.2) is 5.75 Å². The average Bonchev–Trinajstić information content (AvgIpc) is 2.72. The van der Waals surface area contributed by atoms with E-state index in [-0.39, 0.29) is 0 Å². The second kappa shape index (κ2) is 4.69. The summed E-state index contributed by atoms with van der Waals surface area (Å²) in [5.41, 5.74) is -0.0521. The van der Waals surface area contributed by atoms with Crippen LogP contribution < -0.4 is 4.74 Å². The van der Waals surface area contributed by atoms with Gasteiger partial charge in [-0.25, -0.2) is 0 Å². The van der Waals surface area contributed by atoms with Crippen LogP contribution in [0.5, 0.6) is 5.75 Å². The normalized spacial score (nSPS) is 21.2. The fourth-order valence-electron chi connectivity index (χ4n) is 3.00. The lowest BCUT2D eigenvalue weighted by molar-refractivity contribution is -0.0298. The Kier molecular flexibility index (Phi) is 3.43. The molecule has 0 bridgehead atoms. The molecule has 4 heteroatoms. The highest BCUT2D eigenvalue weighted by molar-refractivity contribution is 5.30. The minimum absolute atomic E-state index is 0.306. The molecule has 0 aromatic carbocycles. The second-order valence-electron chi connectivity index (χ2n) is 5.17. The molecule has 1 fully saturated rings. The Morgan fingerprint density at radius 1 is 1.41 bits per heavy atom. The molecule has 0 spiro atoms. The zero-order valence-corrected chi connectivity index (χ0v) is 10.9. The van der Waals surface area contributed by atoms with Gasteiger partial charge in [0.2, 0.25) is 0 Å². The quantitative estimate of drug-likeness (QED) is 0.878. The van der Waals surface area contributed by atoms with Crippen LogP contribution in [0.4, 0.5) is 0 Å². The summed E-state index contributed by atoms with van der Waals surface area (Å²) in [4.78, 5) is 0. The van der Waals surface area contributed by atoms with E-state index in [0.717, 1.165) is 18.5 Å². The van der Waals surface area contributed by atoms with Gasteiger partial charge in [-0.1, -0.05) is 19.3 Å². The molecule has 1 unspecified atom stereocenters. The zero-order valence-electron chi connectivity index (χ0n) is 10.9. The Balaban J connectivity index is 2.31. The number of aliphatic hydroxyl groups is 1. The lowest BCUT2D eigenvalue weighted by Gasteiger charge is -2.35. The molecule has 1 aromatic heterocycles. The Labute approximate surface area is 103 Å². The maximum Gasteiger partial charge on any atom is 0.162 e. The molecule has 1 saturated carbocycles. The summed E-state index contributed by atoms with van der Waals surface area (Å²) in [6.07, 6.45) is 7.55. The number of aryl methyl sites for hydroxylation is 1. The molecule has 0 radical (unpaired) electrons. The van der Waals surface area contributed by atoms with Crippen LogP contribution in [0.2, 0.25) is 0 Å². The van der Waals surface area contributed by atoms with E-state index in [4.69, 9.17) is 4.74 Å². The molecule has 96 valence electrons. The van der Waals surface area contributed by atoms with E-state index in [0.29, 0.717) is 11.7 Å². The fourth-order valence-corrected chi connectivity index (χ4v) is 3.00. The predicted octanol–water partition coefficient (Wildman–Crippen LogP) is 2.22. The van der Waals surface area contributed by atoms with Crippen LogP contribution in [-0.2, 0) is 12.6 Å². The van der Waals surface area contributed by atoms with E-state index in [1.54, 1.807) is 18.0 Å². The van der Waals surface area contributed by atoms with Gasteiger partial charge in [0.05, 0.1) is 13.3 Å². The Morgan fingerprint density at radius 3 is 2.65 bits per heavy atom. The van der Waals surface area contributed by atoms with Crippen molar-refractivity contribution in [1.29, 1.82) is 0 Å². The van der Waals surface area contributed by atoms with Crippen molar-refractivity contribution in [1.82, 2.24) is 9.78 Å². The third-order valence-electron chi connectivity index (χ3n) is 4.00. The van der Waals surface area contributed by atoms with Gasteiger partial charge in [-0.2, -0.15) is 5.10 Å². The van der Waals surface area contributed by atoms with Crippen LogP contribution in [0.15, 0.2) is 6.20 Å². The Bertz CT molecular complexity index is 379. The maximum atomic E-state index is 10.9. The van der Waals surface area contributed by atoms with Crippen LogP contribution in [0.25, 0.3) is 0 Å². The van der Waals surface area contributed by atoms with Crippen molar-refractivity contribution >= 4 is 0 Å². The summed E-state index contributed by atoms with van der Waals surface area (Å²) in [6.45, 7) is 1.89. The van der Waals surface area contributed by atoms with Gasteiger partial charge in [-0.05, 0) is 25.7 Å². The number of hydrogen-bond acceptors (Lipinski definition) is 3. The summed E-state index contributed by atoms with van der Waals surface area (Å²) in [5.74, 6) is 0.989. The van der Waals surface area contributed by atoms with Crippen molar-refractivity contribution in [3.8, 4) is 5.75 Å². The van der Waals surface area contributed by atoms with Gasteiger partial charge in [0, 0.05) is 7.05 Å². The molecule has 1 aliphatic rings. The molecule has 17 heavy (non-hydrogen) atoms. The van der Waals surface area contributed by atoms with Crippen molar-refractivity contribution in [2.45, 2.75) is 44.6 Å². The maximum absolute atomic E-state index is 10.9. The molecule has 0 saturated heterocycles. The summed E-state index contributed by atoms with van der Waals surface area (Å²) in [7, 11) is 3.48. The van der Waals surface area contributed by atoms with E-state index < -0.39 is 5.60 Å². The fraction of sp³-hybridized carbons (Fsp3) is 0.769. The highest BCUT2D eigenvalue weighted by Gasteiger charge is 2.39. The lowest BCUT2D eigenvalue weighted by atomic mass is 9.76. The van der Waals surface area contributed by atoms with Crippen LogP contribution in [0.1, 0.15) is 44.7 Å². The standard InChI is InChI=1S/C13H22N2O2/c1-13(16,10-7-5-4-6-8-10)12-11(17-3)9-14-15(12)2/h9-10,16H,4-8H2,1-3H3. The highest BCUT2D eigenvalue weighted by Crippen LogP contribution is 2.41. The number of methoxy groups -OCH3 is 1. The third-order valence-corrected chi connectivity index (χ3v) is 4.00. The number of ether oxygens (including phenoxy) is 1. The van der Waals surface area contributed by atoms with Gasteiger partial charge in [-0.15, -0.1) is 0 Å². The number of aromatic nitrogens is 2. The monoisotopic (exact) mass is 238 g/mol. The average molecular weight is 238 g/mol. The summed E-state index contributed by atoms with van der Waals surface area (Å²) in [6, 6.07) is 0. The highest BCUT2D eigenvalue weighted by atomic mass is 16.5. The molecule has 0 aliphatic heterocycles. The molecule has 4 nitrogen and oxygen atoms in total. The van der Waals surface area contributed by atoms with Crippen molar-refractivity contribution in [2.75, 3.05) is 7.11 Å². The lowest BCUT2D eigenvalue weighted by Crippen LogP contribution is -2.35. The summed E-state index contributed by atoms with van der Waals surface area (Å²) >= 11 is 0. The smallest absolute Gasteiger partial charge is 0.162 e. The molecule has 1 heterocycles. The number of nitrogens with zero attached hydrogens (tertiary/aromatic N) is 2. The summed E-state index contributed by atoms with van der Waals surface area (Å²) in [5, 5.41) is 15.0. The minimum Gasteiger partial charge on any atom is -0.493 e. The van der Waals surface area contributed by atoms with Crippen LogP contribution in [-0.4, -0.2) is 22.0 Å². The summed E-state index contributed by atoms with van der Waals surface area (Å²) < 4.78 is 7.03. The topological polar surface area (TPSA) is 47.3 Å². The van der Waals surface area contributed by atoms with Crippen LogP contribution in [0, 0.1) is 5.92 Å². The first kappa shape index (κ1) is 12.4. The molecule has 1 N–H and O–H groups in total. The number of rotatable bonds is 3. The molecule has 1 aromatic rings. The molecule has 1 aliphatic carbocycles. The SMILES string of the molecule is COc1cnn(C)c1C(C)(O)C1CCCCC1. The van der Waals surface area contributed by atoms with Gasteiger partial charge >= 0.3 is 0 Å². The number of hydrogen-bond donors (Lipinski definition) is 1. The van der Waals surface area contributed by atoms with Gasteiger partial charge in [0.25, 0.3) is 0 Å². The van der Waals surface area contributed by atoms with Gasteiger partial charge in [0.1, 0.15) is 11.3 Å². The predicted molar refractivity (Wildman–Crippen MR) is 65.9 cm³/mol. The largest absolute Gasteiger partial charge is 0.493 e. The van der Waals surface area contributed by atoms with E-state index in [1.807, 2.05) is 14.0 Å². The van der Waals surface area contributed by atoms with E-state index in [2.05, 4.69) is 5.10 Å². The first-order chi connectivity index (χ1) is 8.07. The van der Waals surface area contributed by atoms with Crippen molar-refractivity contribution in [2.24, 2.45) is 13.0 Å². The Morgan fingerprint density at radius 2 is 2.06 bits per heavy atom. The van der Waals surface area contributed by atoms with Gasteiger partial charge in [-0.3, -0.25) is 4.68 Å². The van der Waals surface area contributed by atoms with Crippen molar-refractivity contribution in [3.05, 3.63) is 11.9 Å². The van der Waals surface area contributed by atoms with E-state index >= 15 is 0 Å². The van der Waals surface area contributed by atoms with Gasteiger partial charge < -0.3 is 9.84 Å². The van der Waals surface area contributed by atoms with Crippen molar-refractivity contribution in [3.63, 3.8) is 0 Å². The van der Waals surface area contributed by atoms with E-state index in [1.165, 1.54) is 19.3 Å². The third kappa shape index (κ3) is 2.18.